The fraction of sp³-hybridized carbons (Fsp3) is 0.833. The largest absolute Gasteiger partial charge is 0.256 e. The number of hydrogen-bond acceptors (Lipinski definition) is 3. The molecule has 2 bridgehead atoms. The van der Waals surface area contributed by atoms with E-state index in [1.165, 1.54) is 5.57 Å². The van der Waals surface area contributed by atoms with Gasteiger partial charge in [-0.2, -0.15) is 0 Å². The van der Waals surface area contributed by atoms with Gasteiger partial charge in [-0.15, -0.1) is 0 Å². The maximum absolute atomic E-state index is 12.6. The van der Waals surface area contributed by atoms with Gasteiger partial charge in [-0.25, -0.2) is 0 Å². The standard InChI is InChI=1S/C12H20OS3/c1-10(2,3)8-7-12(11(4,5)6)15-14-9(8)16(12)13/h7,9H,1-6H3/t9-,12-,16?/m0/s1. The minimum atomic E-state index is -0.773. The van der Waals surface area contributed by atoms with E-state index in [0.717, 1.165) is 0 Å². The molecule has 2 heterocycles. The molecule has 2 rings (SSSR count). The Bertz CT molecular complexity index is 373. The van der Waals surface area contributed by atoms with Crippen LogP contribution in [0.1, 0.15) is 41.5 Å². The summed E-state index contributed by atoms with van der Waals surface area (Å²) in [4.78, 5) is 0. The Kier molecular flexibility index (Phi) is 2.89. The van der Waals surface area contributed by atoms with Crippen LogP contribution in [-0.4, -0.2) is 12.9 Å². The topological polar surface area (TPSA) is 17.1 Å². The molecule has 0 aromatic heterocycles. The normalized spacial score (nSPS) is 39.0. The highest BCUT2D eigenvalue weighted by Crippen LogP contribution is 2.67. The Labute approximate surface area is 109 Å². The molecule has 2 aliphatic rings. The summed E-state index contributed by atoms with van der Waals surface area (Å²) in [6.45, 7) is 13.3. The first-order valence-electron chi connectivity index (χ1n) is 5.58. The second-order valence-electron chi connectivity index (χ2n) is 6.58. The van der Waals surface area contributed by atoms with Gasteiger partial charge in [0.15, 0.2) is 0 Å². The van der Waals surface area contributed by atoms with Gasteiger partial charge in [-0.3, -0.25) is 4.21 Å². The monoisotopic (exact) mass is 276 g/mol. The van der Waals surface area contributed by atoms with Gasteiger partial charge in [0.05, 0.1) is 10.8 Å². The van der Waals surface area contributed by atoms with E-state index in [-0.39, 0.29) is 19.5 Å². The molecule has 1 fully saturated rings. The molecule has 1 unspecified atom stereocenters. The first-order chi connectivity index (χ1) is 7.09. The van der Waals surface area contributed by atoms with Crippen molar-refractivity contribution >= 4 is 32.4 Å². The quantitative estimate of drug-likeness (QED) is 0.488. The molecule has 0 aliphatic carbocycles. The maximum atomic E-state index is 12.6. The number of rotatable bonds is 0. The van der Waals surface area contributed by atoms with Crippen LogP contribution in [-0.2, 0) is 10.8 Å². The Hall–Kier alpha value is 0.590. The lowest BCUT2D eigenvalue weighted by Crippen LogP contribution is -2.37. The molecule has 0 aromatic rings. The molecule has 4 heteroatoms. The Morgan fingerprint density at radius 2 is 1.81 bits per heavy atom. The number of fused-ring (bicyclic) bond motifs is 2. The van der Waals surface area contributed by atoms with E-state index < -0.39 is 10.8 Å². The van der Waals surface area contributed by atoms with Crippen molar-refractivity contribution in [3.63, 3.8) is 0 Å². The molecule has 0 N–H and O–H groups in total. The number of hydrogen-bond donors (Lipinski definition) is 0. The summed E-state index contributed by atoms with van der Waals surface area (Å²) in [5, 5.41) is 0. The second kappa shape index (κ2) is 3.55. The summed E-state index contributed by atoms with van der Waals surface area (Å²) in [7, 11) is 2.85. The fourth-order valence-electron chi connectivity index (χ4n) is 2.08. The molecular formula is C12H20OS3. The first-order valence-corrected chi connectivity index (χ1v) is 9.00. The van der Waals surface area contributed by atoms with Gasteiger partial charge in [0.1, 0.15) is 8.66 Å². The summed E-state index contributed by atoms with van der Waals surface area (Å²) < 4.78 is 12.6. The van der Waals surface area contributed by atoms with Crippen molar-refractivity contribution in [3.8, 4) is 0 Å². The highest BCUT2D eigenvalue weighted by Gasteiger charge is 2.61. The summed E-state index contributed by atoms with van der Waals surface area (Å²) in [6.07, 6.45) is 2.31. The van der Waals surface area contributed by atoms with Crippen LogP contribution >= 0.6 is 21.6 Å². The zero-order chi connectivity index (χ0) is 12.4. The summed E-state index contributed by atoms with van der Waals surface area (Å²) >= 11 is 0. The molecule has 0 radical (unpaired) electrons. The van der Waals surface area contributed by atoms with Crippen LogP contribution in [0.25, 0.3) is 0 Å². The van der Waals surface area contributed by atoms with E-state index in [0.29, 0.717) is 0 Å². The van der Waals surface area contributed by atoms with Crippen molar-refractivity contribution in [2.45, 2.75) is 50.2 Å². The van der Waals surface area contributed by atoms with Gasteiger partial charge in [0, 0.05) is 0 Å². The summed E-state index contributed by atoms with van der Waals surface area (Å²) in [5.74, 6) is 0. The smallest absolute Gasteiger partial charge is 0.126 e. The van der Waals surface area contributed by atoms with Crippen molar-refractivity contribution < 1.29 is 4.21 Å². The molecule has 3 atom stereocenters. The van der Waals surface area contributed by atoms with E-state index in [1.54, 1.807) is 0 Å². The average Bonchev–Trinajstić information content (AvgIpc) is 2.56. The van der Waals surface area contributed by atoms with Crippen LogP contribution in [0.15, 0.2) is 11.6 Å². The zero-order valence-electron chi connectivity index (χ0n) is 10.8. The van der Waals surface area contributed by atoms with Crippen molar-refractivity contribution in [3.05, 3.63) is 11.6 Å². The van der Waals surface area contributed by atoms with Crippen LogP contribution in [0.3, 0.4) is 0 Å². The third kappa shape index (κ3) is 1.64. The molecule has 2 aliphatic heterocycles. The van der Waals surface area contributed by atoms with Crippen LogP contribution in [0, 0.1) is 10.8 Å². The van der Waals surface area contributed by atoms with Gasteiger partial charge in [0.2, 0.25) is 0 Å². The van der Waals surface area contributed by atoms with E-state index in [4.69, 9.17) is 0 Å². The fourth-order valence-corrected chi connectivity index (χ4v) is 10.4. The van der Waals surface area contributed by atoms with Crippen LogP contribution < -0.4 is 0 Å². The molecule has 0 aromatic carbocycles. The lowest BCUT2D eigenvalue weighted by atomic mass is 9.83. The van der Waals surface area contributed by atoms with E-state index in [2.05, 4.69) is 47.6 Å². The lowest BCUT2D eigenvalue weighted by molar-refractivity contribution is 0.402. The van der Waals surface area contributed by atoms with Gasteiger partial charge in [-0.05, 0) is 16.4 Å². The summed E-state index contributed by atoms with van der Waals surface area (Å²) in [6, 6.07) is 0. The Morgan fingerprint density at radius 1 is 1.25 bits per heavy atom. The van der Waals surface area contributed by atoms with Crippen molar-refractivity contribution in [2.75, 3.05) is 0 Å². The van der Waals surface area contributed by atoms with E-state index in [9.17, 15) is 4.21 Å². The Balaban J connectivity index is 2.51. The third-order valence-electron chi connectivity index (χ3n) is 3.26. The third-order valence-corrected chi connectivity index (χ3v) is 10.6. The Morgan fingerprint density at radius 3 is 2.12 bits per heavy atom. The summed E-state index contributed by atoms with van der Waals surface area (Å²) in [5.41, 5.74) is 1.57. The molecule has 0 saturated carbocycles. The molecule has 0 amide bonds. The predicted octanol–water partition coefficient (Wildman–Crippen LogP) is 4.18. The van der Waals surface area contributed by atoms with Crippen molar-refractivity contribution in [1.29, 1.82) is 0 Å². The van der Waals surface area contributed by atoms with E-state index >= 15 is 0 Å². The molecule has 92 valence electrons. The van der Waals surface area contributed by atoms with Crippen LogP contribution in [0.2, 0.25) is 0 Å². The van der Waals surface area contributed by atoms with Crippen LogP contribution in [0.5, 0.6) is 0 Å². The first kappa shape index (κ1) is 13.0. The molecule has 1 saturated heterocycles. The van der Waals surface area contributed by atoms with Gasteiger partial charge in [-0.1, -0.05) is 69.2 Å². The molecule has 16 heavy (non-hydrogen) atoms. The molecular weight excluding hydrogens is 256 g/mol. The highest BCUT2D eigenvalue weighted by molar-refractivity contribution is 8.82. The van der Waals surface area contributed by atoms with Gasteiger partial charge >= 0.3 is 0 Å². The molecule has 0 spiro atoms. The maximum Gasteiger partial charge on any atom is 0.126 e. The second-order valence-corrected chi connectivity index (χ2v) is 11.4. The SMILES string of the molecule is CC(C)(C)C1=C[C@]2(C(C)(C)C)SS[C@H]1S2=O. The lowest BCUT2D eigenvalue weighted by Gasteiger charge is -2.35. The highest BCUT2D eigenvalue weighted by atomic mass is 33.1. The van der Waals surface area contributed by atoms with Crippen molar-refractivity contribution in [1.82, 2.24) is 0 Å². The van der Waals surface area contributed by atoms with E-state index in [1.807, 2.05) is 21.6 Å². The average molecular weight is 276 g/mol. The van der Waals surface area contributed by atoms with Crippen molar-refractivity contribution in [2.24, 2.45) is 10.8 Å². The predicted molar refractivity (Wildman–Crippen MR) is 76.8 cm³/mol. The van der Waals surface area contributed by atoms with Gasteiger partial charge < -0.3 is 0 Å². The van der Waals surface area contributed by atoms with Crippen LogP contribution in [0.4, 0.5) is 0 Å². The zero-order valence-corrected chi connectivity index (χ0v) is 13.2. The minimum Gasteiger partial charge on any atom is -0.256 e. The van der Waals surface area contributed by atoms with Gasteiger partial charge in [0.25, 0.3) is 0 Å². The minimum absolute atomic E-state index is 0.0529. The molecule has 1 nitrogen and oxygen atoms in total.